The zero-order valence-corrected chi connectivity index (χ0v) is 19.5. The van der Waals surface area contributed by atoms with E-state index < -0.39 is 0 Å². The van der Waals surface area contributed by atoms with Crippen molar-refractivity contribution in [3.05, 3.63) is 70.7 Å². The number of allylic oxidation sites excluding steroid dienone is 2. The molecule has 7 nitrogen and oxygen atoms in total. The third kappa shape index (κ3) is 3.46. The van der Waals surface area contributed by atoms with Gasteiger partial charge in [-0.25, -0.2) is 0 Å². The predicted molar refractivity (Wildman–Crippen MR) is 133 cm³/mol. The highest BCUT2D eigenvalue weighted by atomic mass is 16.3. The SMILES string of the molecule is C[C@@H]1CN(c2ccc(C#N)c3ncccc23)CC2=C3CC=C(N4CCN[C@H](CO)C4)C=C3CN21. The minimum absolute atomic E-state index is 0.146. The molecule has 0 saturated carbocycles. The van der Waals surface area contributed by atoms with Crippen molar-refractivity contribution in [3.8, 4) is 6.07 Å². The second-order valence-electron chi connectivity index (χ2n) is 9.71. The van der Waals surface area contributed by atoms with Gasteiger partial charge in [-0.1, -0.05) is 6.08 Å². The largest absolute Gasteiger partial charge is 0.395 e. The second kappa shape index (κ2) is 8.46. The van der Waals surface area contributed by atoms with Crippen LogP contribution in [0.25, 0.3) is 10.9 Å². The molecule has 4 heterocycles. The van der Waals surface area contributed by atoms with E-state index in [2.05, 4.69) is 62.3 Å². The Kier molecular flexibility index (Phi) is 5.28. The van der Waals surface area contributed by atoms with Gasteiger partial charge < -0.3 is 25.1 Å². The molecule has 2 N–H and O–H groups in total. The molecule has 0 spiro atoms. The van der Waals surface area contributed by atoms with E-state index in [1.165, 1.54) is 22.5 Å². The van der Waals surface area contributed by atoms with Gasteiger partial charge in [-0.3, -0.25) is 4.98 Å². The molecule has 1 aromatic heterocycles. The normalized spacial score (nSPS) is 24.6. The summed E-state index contributed by atoms with van der Waals surface area (Å²) in [6.45, 7) is 8.01. The van der Waals surface area contributed by atoms with E-state index >= 15 is 0 Å². The van der Waals surface area contributed by atoms with Gasteiger partial charge in [0.2, 0.25) is 0 Å². The molecule has 0 amide bonds. The van der Waals surface area contributed by atoms with E-state index in [4.69, 9.17) is 0 Å². The van der Waals surface area contributed by atoms with Crippen LogP contribution in [0, 0.1) is 11.3 Å². The molecule has 2 fully saturated rings. The molecule has 3 aliphatic heterocycles. The number of fused-ring (bicyclic) bond motifs is 3. The summed E-state index contributed by atoms with van der Waals surface area (Å²) >= 11 is 0. The summed E-state index contributed by atoms with van der Waals surface area (Å²) in [6.07, 6.45) is 7.46. The standard InChI is InChI=1S/C27H30N6O/c1-18-13-32(25-7-4-19(12-28)27-24(25)3-2-8-30-27)16-26-23-6-5-22(11-20(23)14-33(18)26)31-10-9-29-21(15-31)17-34/h2-5,7-8,11,18,21,29,34H,6,9-10,13-17H2,1H3/t18-,21+/m1/s1. The lowest BCUT2D eigenvalue weighted by Crippen LogP contribution is -2.51. The maximum absolute atomic E-state index is 9.58. The lowest BCUT2D eigenvalue weighted by Gasteiger charge is -2.42. The molecule has 2 aromatic rings. The maximum Gasteiger partial charge on any atom is 0.101 e. The Morgan fingerprint density at radius 1 is 1.21 bits per heavy atom. The highest BCUT2D eigenvalue weighted by Gasteiger charge is 2.37. The number of hydrogen-bond acceptors (Lipinski definition) is 7. The molecule has 1 aromatic carbocycles. The van der Waals surface area contributed by atoms with Crippen LogP contribution in [-0.2, 0) is 0 Å². The van der Waals surface area contributed by atoms with Gasteiger partial charge >= 0.3 is 0 Å². The highest BCUT2D eigenvalue weighted by molar-refractivity contribution is 5.95. The van der Waals surface area contributed by atoms with Crippen LogP contribution in [0.5, 0.6) is 0 Å². The smallest absolute Gasteiger partial charge is 0.101 e. The van der Waals surface area contributed by atoms with Crippen molar-refractivity contribution in [2.75, 3.05) is 50.8 Å². The molecule has 0 bridgehead atoms. The van der Waals surface area contributed by atoms with Crippen LogP contribution in [0.2, 0.25) is 0 Å². The number of pyridine rings is 1. The number of hydrogen-bond donors (Lipinski definition) is 2. The quantitative estimate of drug-likeness (QED) is 0.737. The fraction of sp³-hybridized carbons (Fsp3) is 0.407. The first-order chi connectivity index (χ1) is 16.7. The van der Waals surface area contributed by atoms with Gasteiger partial charge in [0.05, 0.1) is 24.2 Å². The Labute approximate surface area is 200 Å². The summed E-state index contributed by atoms with van der Waals surface area (Å²) in [4.78, 5) is 12.0. The first kappa shape index (κ1) is 21.2. The number of rotatable bonds is 3. The first-order valence-electron chi connectivity index (χ1n) is 12.2. The van der Waals surface area contributed by atoms with Gasteiger partial charge in [0, 0.05) is 73.5 Å². The average Bonchev–Trinajstić information content (AvgIpc) is 3.26. The highest BCUT2D eigenvalue weighted by Crippen LogP contribution is 2.40. The number of aromatic nitrogens is 1. The maximum atomic E-state index is 9.58. The predicted octanol–water partition coefficient (Wildman–Crippen LogP) is 2.36. The zero-order chi connectivity index (χ0) is 23.2. The minimum atomic E-state index is 0.146. The van der Waals surface area contributed by atoms with Crippen LogP contribution in [0.1, 0.15) is 18.9 Å². The van der Waals surface area contributed by atoms with Crippen LogP contribution in [0.4, 0.5) is 5.69 Å². The van der Waals surface area contributed by atoms with Crippen molar-refractivity contribution in [3.63, 3.8) is 0 Å². The van der Waals surface area contributed by atoms with E-state index in [1.54, 1.807) is 6.20 Å². The molecule has 2 atom stereocenters. The Hall–Kier alpha value is -3.34. The molecule has 174 valence electrons. The van der Waals surface area contributed by atoms with Crippen LogP contribution in [0.3, 0.4) is 0 Å². The number of nitrogens with one attached hydrogen (secondary N) is 1. The van der Waals surface area contributed by atoms with Crippen molar-refractivity contribution in [1.29, 1.82) is 5.26 Å². The summed E-state index contributed by atoms with van der Waals surface area (Å²) in [5.41, 5.74) is 8.19. The Bertz CT molecular complexity index is 1270. The summed E-state index contributed by atoms with van der Waals surface area (Å²) in [5.74, 6) is 0. The topological polar surface area (TPSA) is 78.7 Å². The molecule has 7 heteroatoms. The lowest BCUT2D eigenvalue weighted by molar-refractivity contribution is 0.174. The molecule has 6 rings (SSSR count). The van der Waals surface area contributed by atoms with Gasteiger partial charge in [0.25, 0.3) is 0 Å². The Balaban J connectivity index is 1.30. The molecule has 4 aliphatic rings. The van der Waals surface area contributed by atoms with Gasteiger partial charge in [0.1, 0.15) is 6.07 Å². The number of nitrogens with zero attached hydrogens (tertiary/aromatic N) is 5. The molecule has 2 saturated heterocycles. The number of anilines is 1. The van der Waals surface area contributed by atoms with E-state index in [1.807, 2.05) is 12.1 Å². The summed E-state index contributed by atoms with van der Waals surface area (Å²) in [6, 6.07) is 10.9. The monoisotopic (exact) mass is 454 g/mol. The number of piperazine rings is 2. The van der Waals surface area contributed by atoms with Crippen LogP contribution in [0.15, 0.2) is 65.2 Å². The second-order valence-corrected chi connectivity index (χ2v) is 9.71. The summed E-state index contributed by atoms with van der Waals surface area (Å²) in [7, 11) is 0. The Morgan fingerprint density at radius 2 is 2.12 bits per heavy atom. The first-order valence-corrected chi connectivity index (χ1v) is 12.2. The minimum Gasteiger partial charge on any atom is -0.395 e. The fourth-order valence-electron chi connectivity index (χ4n) is 5.94. The summed E-state index contributed by atoms with van der Waals surface area (Å²) in [5, 5.41) is 23.5. The van der Waals surface area contributed by atoms with Gasteiger partial charge in [0.15, 0.2) is 0 Å². The van der Waals surface area contributed by atoms with Crippen LogP contribution < -0.4 is 10.2 Å². The number of benzene rings is 1. The van der Waals surface area contributed by atoms with E-state index in [-0.39, 0.29) is 12.6 Å². The molecule has 0 radical (unpaired) electrons. The number of aliphatic hydroxyl groups is 1. The van der Waals surface area contributed by atoms with Crippen molar-refractivity contribution in [2.24, 2.45) is 0 Å². The van der Waals surface area contributed by atoms with Gasteiger partial charge in [-0.15, -0.1) is 0 Å². The van der Waals surface area contributed by atoms with E-state index in [0.717, 1.165) is 62.3 Å². The third-order valence-corrected chi connectivity index (χ3v) is 7.67. The van der Waals surface area contributed by atoms with Crippen LogP contribution in [-0.4, -0.2) is 77.8 Å². The molecular weight excluding hydrogens is 424 g/mol. The fourth-order valence-corrected chi connectivity index (χ4v) is 5.94. The average molecular weight is 455 g/mol. The van der Waals surface area contributed by atoms with E-state index in [0.29, 0.717) is 11.6 Å². The van der Waals surface area contributed by atoms with Crippen LogP contribution >= 0.6 is 0 Å². The van der Waals surface area contributed by atoms with Gasteiger partial charge in [-0.05, 0) is 54.8 Å². The van der Waals surface area contributed by atoms with Crippen molar-refractivity contribution < 1.29 is 5.11 Å². The molecular formula is C27H30N6O. The lowest BCUT2D eigenvalue weighted by atomic mass is 9.96. The zero-order valence-electron chi connectivity index (χ0n) is 19.5. The molecule has 1 aliphatic carbocycles. The molecule has 0 unspecified atom stereocenters. The van der Waals surface area contributed by atoms with Crippen molar-refractivity contribution in [2.45, 2.75) is 25.4 Å². The summed E-state index contributed by atoms with van der Waals surface area (Å²) < 4.78 is 0. The molecule has 34 heavy (non-hydrogen) atoms. The van der Waals surface area contributed by atoms with Gasteiger partial charge in [-0.2, -0.15) is 5.26 Å². The van der Waals surface area contributed by atoms with Crippen molar-refractivity contribution >= 4 is 16.6 Å². The Morgan fingerprint density at radius 3 is 2.97 bits per heavy atom. The number of nitriles is 1. The third-order valence-electron chi connectivity index (χ3n) is 7.67. The van der Waals surface area contributed by atoms with E-state index in [9.17, 15) is 10.4 Å². The number of aliphatic hydroxyl groups excluding tert-OH is 1. The van der Waals surface area contributed by atoms with Crippen molar-refractivity contribution in [1.82, 2.24) is 20.1 Å².